The van der Waals surface area contributed by atoms with E-state index in [9.17, 15) is 9.50 Å². The van der Waals surface area contributed by atoms with Crippen LogP contribution in [0.5, 0.6) is 5.75 Å². The van der Waals surface area contributed by atoms with Gasteiger partial charge in [-0.05, 0) is 30.9 Å². The molecule has 0 saturated heterocycles. The van der Waals surface area contributed by atoms with Crippen LogP contribution in [-0.2, 0) is 0 Å². The highest BCUT2D eigenvalue weighted by molar-refractivity contribution is 5.85. The number of hydrogen-bond donors (Lipinski definition) is 2. The lowest BCUT2D eigenvalue weighted by Gasteiger charge is -2.28. The number of nitriles is 1. The highest BCUT2D eigenvalue weighted by Gasteiger charge is 2.25. The van der Waals surface area contributed by atoms with E-state index < -0.39 is 17.6 Å². The van der Waals surface area contributed by atoms with Crippen LogP contribution in [0, 0.1) is 23.1 Å². The molecule has 1 saturated carbocycles. The van der Waals surface area contributed by atoms with E-state index in [1.54, 1.807) is 0 Å². The normalized spacial score (nSPS) is 17.3. The van der Waals surface area contributed by atoms with Gasteiger partial charge in [-0.15, -0.1) is 12.4 Å². The molecule has 1 aromatic rings. The third-order valence-electron chi connectivity index (χ3n) is 3.74. The van der Waals surface area contributed by atoms with Crippen LogP contribution in [0.25, 0.3) is 0 Å². The van der Waals surface area contributed by atoms with Gasteiger partial charge in [-0.3, -0.25) is 0 Å². The summed E-state index contributed by atoms with van der Waals surface area (Å²) < 4.78 is 13.5. The first-order chi connectivity index (χ1) is 8.63. The van der Waals surface area contributed by atoms with Crippen molar-refractivity contribution < 1.29 is 9.50 Å². The van der Waals surface area contributed by atoms with Crippen molar-refractivity contribution in [3.05, 3.63) is 29.1 Å². The number of phenolic OH excluding ortho intramolecular Hbond substituents is 1. The van der Waals surface area contributed by atoms with Gasteiger partial charge in [0.05, 0.1) is 11.6 Å². The molecule has 0 unspecified atom stereocenters. The second-order valence-corrected chi connectivity index (χ2v) is 4.93. The first-order valence-corrected chi connectivity index (χ1v) is 6.31. The van der Waals surface area contributed by atoms with Gasteiger partial charge in [0, 0.05) is 11.6 Å². The van der Waals surface area contributed by atoms with Crippen molar-refractivity contribution in [3.63, 3.8) is 0 Å². The maximum absolute atomic E-state index is 13.5. The minimum atomic E-state index is -0.768. The number of hydrogen-bond acceptors (Lipinski definition) is 3. The van der Waals surface area contributed by atoms with Gasteiger partial charge in [0.25, 0.3) is 0 Å². The number of nitrogens with zero attached hydrogens (tertiary/aromatic N) is 1. The molecule has 1 aliphatic rings. The van der Waals surface area contributed by atoms with E-state index in [0.717, 1.165) is 31.7 Å². The number of phenols is 1. The molecule has 19 heavy (non-hydrogen) atoms. The van der Waals surface area contributed by atoms with Crippen molar-refractivity contribution in [2.75, 3.05) is 0 Å². The lowest BCUT2D eigenvalue weighted by atomic mass is 9.81. The molecule has 1 atom stereocenters. The zero-order chi connectivity index (χ0) is 13.1. The fraction of sp³-hybridized carbons (Fsp3) is 0.500. The smallest absolute Gasteiger partial charge is 0.166 e. The van der Waals surface area contributed by atoms with E-state index in [-0.39, 0.29) is 23.9 Å². The Labute approximate surface area is 118 Å². The summed E-state index contributed by atoms with van der Waals surface area (Å²) in [6, 6.07) is 4.02. The van der Waals surface area contributed by atoms with E-state index >= 15 is 0 Å². The predicted octanol–water partition coefficient (Wildman–Crippen LogP) is 3.40. The van der Waals surface area contributed by atoms with Crippen LogP contribution in [0.1, 0.15) is 49.3 Å². The van der Waals surface area contributed by atoms with Gasteiger partial charge in [0.15, 0.2) is 11.6 Å². The van der Waals surface area contributed by atoms with Gasteiger partial charge in [-0.25, -0.2) is 4.39 Å². The van der Waals surface area contributed by atoms with Gasteiger partial charge in [0.2, 0.25) is 0 Å². The van der Waals surface area contributed by atoms with Crippen LogP contribution in [-0.4, -0.2) is 5.11 Å². The van der Waals surface area contributed by atoms with Crippen LogP contribution >= 0.6 is 12.4 Å². The third-order valence-corrected chi connectivity index (χ3v) is 3.74. The summed E-state index contributed by atoms with van der Waals surface area (Å²) in [4.78, 5) is 0. The Bertz CT molecular complexity index is 481. The second-order valence-electron chi connectivity index (χ2n) is 4.93. The van der Waals surface area contributed by atoms with Gasteiger partial charge in [-0.1, -0.05) is 19.3 Å². The number of halogens is 2. The number of nitrogens with two attached hydrogens (primary N) is 1. The van der Waals surface area contributed by atoms with Crippen LogP contribution in [0.15, 0.2) is 12.1 Å². The van der Waals surface area contributed by atoms with Crippen molar-refractivity contribution in [2.45, 2.75) is 38.1 Å². The maximum atomic E-state index is 13.5. The van der Waals surface area contributed by atoms with E-state index in [1.807, 2.05) is 6.07 Å². The zero-order valence-electron chi connectivity index (χ0n) is 10.6. The first-order valence-electron chi connectivity index (χ1n) is 6.31. The molecule has 104 valence electrons. The van der Waals surface area contributed by atoms with E-state index in [4.69, 9.17) is 11.0 Å². The van der Waals surface area contributed by atoms with Crippen LogP contribution in [0.3, 0.4) is 0 Å². The van der Waals surface area contributed by atoms with Crippen LogP contribution in [0.2, 0.25) is 0 Å². The largest absolute Gasteiger partial charge is 0.505 e. The number of rotatable bonds is 2. The monoisotopic (exact) mass is 284 g/mol. The average Bonchev–Trinajstić information content (AvgIpc) is 2.42. The fourth-order valence-corrected chi connectivity index (χ4v) is 2.69. The molecule has 1 aromatic carbocycles. The molecule has 1 fully saturated rings. The molecular weight excluding hydrogens is 267 g/mol. The summed E-state index contributed by atoms with van der Waals surface area (Å²) in [5, 5.41) is 18.6. The predicted molar refractivity (Wildman–Crippen MR) is 73.5 cm³/mol. The lowest BCUT2D eigenvalue weighted by Crippen LogP contribution is -2.24. The molecule has 0 aromatic heterocycles. The van der Waals surface area contributed by atoms with Gasteiger partial charge in [0.1, 0.15) is 0 Å². The molecule has 1 aliphatic carbocycles. The van der Waals surface area contributed by atoms with E-state index in [2.05, 4.69) is 0 Å². The highest BCUT2D eigenvalue weighted by atomic mass is 35.5. The van der Waals surface area contributed by atoms with Gasteiger partial charge >= 0.3 is 0 Å². The lowest BCUT2D eigenvalue weighted by molar-refractivity contribution is 0.300. The van der Waals surface area contributed by atoms with Crippen molar-refractivity contribution in [2.24, 2.45) is 11.7 Å². The third kappa shape index (κ3) is 3.37. The summed E-state index contributed by atoms with van der Waals surface area (Å²) in [6.45, 7) is 0. The summed E-state index contributed by atoms with van der Waals surface area (Å²) >= 11 is 0. The molecule has 0 bridgehead atoms. The molecule has 0 amide bonds. The molecular formula is C14H18ClFN2O. The van der Waals surface area contributed by atoms with Crippen LogP contribution < -0.4 is 5.73 Å². The Morgan fingerprint density at radius 2 is 1.95 bits per heavy atom. The van der Waals surface area contributed by atoms with Crippen LogP contribution in [0.4, 0.5) is 4.39 Å². The molecule has 0 heterocycles. The first kappa shape index (κ1) is 15.7. The molecule has 2 rings (SSSR count). The molecule has 0 spiro atoms. The average molecular weight is 285 g/mol. The molecule has 3 nitrogen and oxygen atoms in total. The SMILES string of the molecule is Cl.N#Cc1cc(F)c(O)c([C@H](N)C2CCCCC2)c1. The molecule has 0 aliphatic heterocycles. The Balaban J connectivity index is 0.00000180. The summed E-state index contributed by atoms with van der Waals surface area (Å²) in [6.07, 6.45) is 5.46. The van der Waals surface area contributed by atoms with Crippen molar-refractivity contribution >= 4 is 12.4 Å². The minimum absolute atomic E-state index is 0. The standard InChI is InChI=1S/C14H17FN2O.ClH/c15-12-7-9(8-16)6-11(14(12)18)13(17)10-4-2-1-3-5-10;/h6-7,10,13,18H,1-5,17H2;1H/t13-;/m1./s1. The Kier molecular flexibility index (Phi) is 5.59. The quantitative estimate of drug-likeness (QED) is 0.874. The topological polar surface area (TPSA) is 70.0 Å². The van der Waals surface area contributed by atoms with Crippen molar-refractivity contribution in [1.82, 2.24) is 0 Å². The number of aromatic hydroxyl groups is 1. The number of benzene rings is 1. The van der Waals surface area contributed by atoms with E-state index in [0.29, 0.717) is 5.56 Å². The minimum Gasteiger partial charge on any atom is -0.505 e. The zero-order valence-corrected chi connectivity index (χ0v) is 11.4. The molecule has 0 radical (unpaired) electrons. The Morgan fingerprint density at radius 3 is 2.53 bits per heavy atom. The summed E-state index contributed by atoms with van der Waals surface area (Å²) in [7, 11) is 0. The second kappa shape index (κ2) is 6.74. The fourth-order valence-electron chi connectivity index (χ4n) is 2.69. The highest BCUT2D eigenvalue weighted by Crippen LogP contribution is 2.37. The summed E-state index contributed by atoms with van der Waals surface area (Å²) in [5.41, 5.74) is 6.69. The van der Waals surface area contributed by atoms with E-state index in [1.165, 1.54) is 12.5 Å². The van der Waals surface area contributed by atoms with Crippen molar-refractivity contribution in [1.29, 1.82) is 5.26 Å². The van der Waals surface area contributed by atoms with Crippen molar-refractivity contribution in [3.8, 4) is 11.8 Å². The maximum Gasteiger partial charge on any atom is 0.166 e. The summed E-state index contributed by atoms with van der Waals surface area (Å²) in [5.74, 6) is -0.916. The van der Waals surface area contributed by atoms with Gasteiger partial charge in [-0.2, -0.15) is 5.26 Å². The van der Waals surface area contributed by atoms with Gasteiger partial charge < -0.3 is 10.8 Å². The Hall–Kier alpha value is -1.31. The molecule has 5 heteroatoms. The Morgan fingerprint density at radius 1 is 1.32 bits per heavy atom. The molecule has 3 N–H and O–H groups in total.